The molecule has 0 unspecified atom stereocenters. The molecule has 1 aromatic rings. The molecular weight excluding hydrogens is 555 g/mol. The summed E-state index contributed by atoms with van der Waals surface area (Å²) in [6.07, 6.45) is -24.1. The molecule has 3 N–H and O–H groups in total. The standard InChI is InChI=1S/C12H5F12O.Ag.BH3O3/c13-8(14,15)5-25-9(11(19,20)21,12(22,23)24)6-2-1-3-7(4-6)10(16,17)18;;2-1(3)4/h2-4H,5H2;;2-4H/q-1;+1;. The Labute approximate surface area is 175 Å². The van der Waals surface area contributed by atoms with Gasteiger partial charge in [-0.1, -0.05) is 5.56 Å². The van der Waals surface area contributed by atoms with Gasteiger partial charge in [-0.2, -0.15) is 77.0 Å². The van der Waals surface area contributed by atoms with Crippen LogP contribution in [0.2, 0.25) is 0 Å². The molecule has 30 heavy (non-hydrogen) atoms. The Hall–Kier alpha value is -0.975. The first-order chi connectivity index (χ1) is 12.6. The molecule has 0 aliphatic rings. The first-order valence-electron chi connectivity index (χ1n) is 6.62. The predicted octanol–water partition coefficient (Wildman–Crippen LogP) is 3.35. The van der Waals surface area contributed by atoms with E-state index in [1.807, 2.05) is 0 Å². The summed E-state index contributed by atoms with van der Waals surface area (Å²) in [6.45, 7) is -3.00. The summed E-state index contributed by atoms with van der Waals surface area (Å²) in [5, 5.41) is 21.5. The summed E-state index contributed by atoms with van der Waals surface area (Å²) in [5.74, 6) is 0. The fraction of sp³-hybridized carbons (Fsp3) is 0.500. The van der Waals surface area contributed by atoms with Crippen molar-refractivity contribution in [2.75, 3.05) is 6.61 Å². The zero-order chi connectivity index (χ0) is 23.5. The van der Waals surface area contributed by atoms with Gasteiger partial charge in [-0.3, -0.25) is 0 Å². The van der Waals surface area contributed by atoms with Crippen molar-refractivity contribution in [3.8, 4) is 0 Å². The summed E-state index contributed by atoms with van der Waals surface area (Å²) in [4.78, 5) is 0. The van der Waals surface area contributed by atoms with Crippen LogP contribution in [0.4, 0.5) is 52.7 Å². The second-order valence-electron chi connectivity index (χ2n) is 4.94. The van der Waals surface area contributed by atoms with Crippen LogP contribution >= 0.6 is 0 Å². The number of benzene rings is 1. The summed E-state index contributed by atoms with van der Waals surface area (Å²) in [5.41, 5.74) is -9.82. The van der Waals surface area contributed by atoms with Crippen LogP contribution in [0, 0.1) is 6.07 Å². The van der Waals surface area contributed by atoms with Crippen LogP contribution in [0.15, 0.2) is 18.2 Å². The van der Waals surface area contributed by atoms with E-state index in [0.717, 1.165) is 0 Å². The van der Waals surface area contributed by atoms with Crippen molar-refractivity contribution in [1.82, 2.24) is 0 Å². The number of hydrogen-bond donors (Lipinski definition) is 3. The molecule has 18 heteroatoms. The predicted molar refractivity (Wildman–Crippen MR) is 68.5 cm³/mol. The van der Waals surface area contributed by atoms with Crippen LogP contribution in [0.3, 0.4) is 0 Å². The van der Waals surface area contributed by atoms with Gasteiger partial charge in [-0.15, -0.1) is 5.56 Å². The van der Waals surface area contributed by atoms with Gasteiger partial charge in [0.2, 0.25) is 5.60 Å². The molecule has 1 aromatic carbocycles. The fourth-order valence-corrected chi connectivity index (χ4v) is 1.76. The van der Waals surface area contributed by atoms with E-state index in [-0.39, 0.29) is 34.5 Å². The molecule has 0 atom stereocenters. The van der Waals surface area contributed by atoms with Gasteiger partial charge >= 0.3 is 54.4 Å². The van der Waals surface area contributed by atoms with Gasteiger partial charge in [0.15, 0.2) is 0 Å². The van der Waals surface area contributed by atoms with Crippen LogP contribution in [-0.2, 0) is 38.9 Å². The smallest absolute Gasteiger partial charge is 0.402 e. The second kappa shape index (κ2) is 10.6. The monoisotopic (exact) mass is 562 g/mol. The van der Waals surface area contributed by atoms with Crippen LogP contribution in [0.25, 0.3) is 0 Å². The number of alkyl halides is 12. The molecule has 0 radical (unpaired) electrons. The zero-order valence-corrected chi connectivity index (χ0v) is 15.1. The Morgan fingerprint density at radius 2 is 1.13 bits per heavy atom. The molecule has 178 valence electrons. The van der Waals surface area contributed by atoms with Gasteiger partial charge in [0.25, 0.3) is 0 Å². The van der Waals surface area contributed by atoms with Crippen molar-refractivity contribution in [3.63, 3.8) is 0 Å². The minimum absolute atomic E-state index is 0. The molecule has 0 amide bonds. The van der Waals surface area contributed by atoms with Crippen molar-refractivity contribution >= 4 is 7.32 Å². The topological polar surface area (TPSA) is 69.9 Å². The van der Waals surface area contributed by atoms with E-state index in [1.54, 1.807) is 0 Å². The molecule has 4 nitrogen and oxygen atoms in total. The van der Waals surface area contributed by atoms with Crippen LogP contribution in [0.1, 0.15) is 11.1 Å². The second-order valence-corrected chi connectivity index (χ2v) is 4.94. The van der Waals surface area contributed by atoms with E-state index in [4.69, 9.17) is 15.1 Å². The Morgan fingerprint density at radius 1 is 0.767 bits per heavy atom. The van der Waals surface area contributed by atoms with Crippen molar-refractivity contribution < 1.29 is 94.9 Å². The van der Waals surface area contributed by atoms with Gasteiger partial charge in [0, 0.05) is 0 Å². The molecular formula is C12H8AgBF12O4. The van der Waals surface area contributed by atoms with Crippen LogP contribution in [0.5, 0.6) is 0 Å². The van der Waals surface area contributed by atoms with Crippen molar-refractivity contribution in [2.45, 2.75) is 30.3 Å². The molecule has 0 aromatic heterocycles. The number of rotatable bonds is 3. The van der Waals surface area contributed by atoms with Crippen LogP contribution in [-0.4, -0.2) is 47.5 Å². The summed E-state index contributed by atoms with van der Waals surface area (Å²) in [7, 11) is -2.17. The minimum Gasteiger partial charge on any atom is -0.402 e. The molecule has 0 bridgehead atoms. The average Bonchev–Trinajstić information content (AvgIpc) is 2.42. The fourth-order valence-electron chi connectivity index (χ4n) is 1.76. The normalized spacial score (nSPS) is 13.2. The largest absolute Gasteiger partial charge is 1.00 e. The first kappa shape index (κ1) is 31.2. The third-order valence-electron chi connectivity index (χ3n) is 2.77. The van der Waals surface area contributed by atoms with Gasteiger partial charge in [0.1, 0.15) is 6.61 Å². The maximum atomic E-state index is 13.1. The van der Waals surface area contributed by atoms with E-state index in [0.29, 0.717) is 0 Å². The van der Waals surface area contributed by atoms with E-state index in [9.17, 15) is 52.7 Å². The molecule has 0 saturated carbocycles. The van der Waals surface area contributed by atoms with E-state index in [2.05, 4.69) is 4.74 Å². The van der Waals surface area contributed by atoms with Gasteiger partial charge < -0.3 is 19.8 Å². The number of hydrogen-bond acceptors (Lipinski definition) is 4. The van der Waals surface area contributed by atoms with Crippen molar-refractivity contribution in [2.24, 2.45) is 0 Å². The maximum absolute atomic E-state index is 13.1. The van der Waals surface area contributed by atoms with Crippen molar-refractivity contribution in [1.29, 1.82) is 0 Å². The average molecular weight is 563 g/mol. The third kappa shape index (κ3) is 8.64. The van der Waals surface area contributed by atoms with Crippen molar-refractivity contribution in [3.05, 3.63) is 35.4 Å². The summed E-state index contributed by atoms with van der Waals surface area (Å²) >= 11 is 0. The molecule has 0 aliphatic heterocycles. The third-order valence-corrected chi connectivity index (χ3v) is 2.77. The zero-order valence-electron chi connectivity index (χ0n) is 13.6. The number of halogens is 12. The first-order valence-corrected chi connectivity index (χ1v) is 6.62. The Bertz CT molecular complexity index is 640. The van der Waals surface area contributed by atoms with E-state index < -0.39 is 61.4 Å². The van der Waals surface area contributed by atoms with Gasteiger partial charge in [-0.05, 0) is 0 Å². The summed E-state index contributed by atoms with van der Waals surface area (Å²) in [6, 6.07) is 0.671. The molecule has 0 saturated heterocycles. The Kier molecular flexibility index (Phi) is 11.0. The minimum atomic E-state index is -6.55. The maximum Gasteiger partial charge on any atom is 1.00 e. The van der Waals surface area contributed by atoms with E-state index in [1.165, 1.54) is 6.07 Å². The molecule has 0 spiro atoms. The molecule has 1 rings (SSSR count). The molecule has 0 heterocycles. The number of ether oxygens (including phenoxy) is 1. The Morgan fingerprint density at radius 3 is 1.43 bits per heavy atom. The van der Waals surface area contributed by atoms with Crippen LogP contribution < -0.4 is 0 Å². The van der Waals surface area contributed by atoms with Gasteiger partial charge in [-0.25, -0.2) is 0 Å². The molecule has 0 fully saturated rings. The molecule has 0 aliphatic carbocycles. The SMILES string of the molecule is FC(F)(F)COC(c1c[c-]cc(C(F)(F)F)c1)(C(F)(F)F)C(F)(F)F.OB(O)O.[Ag+]. The van der Waals surface area contributed by atoms with Gasteiger partial charge in [0.05, 0.1) is 0 Å². The summed E-state index contributed by atoms with van der Waals surface area (Å²) < 4.78 is 155. The van der Waals surface area contributed by atoms with E-state index >= 15 is 0 Å². The Balaban J connectivity index is 0. The quantitative estimate of drug-likeness (QED) is 0.300.